The van der Waals surface area contributed by atoms with Gasteiger partial charge in [0.25, 0.3) is 0 Å². The van der Waals surface area contributed by atoms with E-state index < -0.39 is 0 Å². The molecule has 1 saturated carbocycles. The van der Waals surface area contributed by atoms with Crippen molar-refractivity contribution in [2.75, 3.05) is 26.7 Å². The van der Waals surface area contributed by atoms with Gasteiger partial charge < -0.3 is 15.3 Å². The van der Waals surface area contributed by atoms with E-state index in [0.29, 0.717) is 18.4 Å². The molecular weight excluding hydrogens is 216 g/mol. The summed E-state index contributed by atoms with van der Waals surface area (Å²) in [7, 11) is 1.83. The van der Waals surface area contributed by atoms with Gasteiger partial charge in [-0.15, -0.1) is 0 Å². The summed E-state index contributed by atoms with van der Waals surface area (Å²) in [4.78, 5) is 13.3. The van der Waals surface area contributed by atoms with Crippen LogP contribution in [-0.4, -0.2) is 48.7 Å². The Kier molecular flexibility index (Phi) is 6.52. The topological polar surface area (TPSA) is 52.6 Å². The summed E-state index contributed by atoms with van der Waals surface area (Å²) in [6.07, 6.45) is 5.25. The van der Waals surface area contributed by atoms with E-state index in [-0.39, 0.29) is 12.5 Å². The maximum Gasteiger partial charge on any atom is 0.223 e. The van der Waals surface area contributed by atoms with Crippen molar-refractivity contribution in [3.8, 4) is 0 Å². The smallest absolute Gasteiger partial charge is 0.223 e. The molecule has 1 aliphatic carbocycles. The minimum Gasteiger partial charge on any atom is -0.396 e. The van der Waals surface area contributed by atoms with Crippen LogP contribution >= 0.6 is 0 Å². The fraction of sp³-hybridized carbons (Fsp3) is 0.923. The molecule has 0 unspecified atom stereocenters. The average molecular weight is 242 g/mol. The Morgan fingerprint density at radius 1 is 1.41 bits per heavy atom. The lowest BCUT2D eigenvalue weighted by Gasteiger charge is -2.31. The van der Waals surface area contributed by atoms with E-state index in [1.165, 1.54) is 12.8 Å². The molecule has 2 atom stereocenters. The third kappa shape index (κ3) is 4.64. The molecule has 1 fully saturated rings. The zero-order chi connectivity index (χ0) is 12.7. The lowest BCUT2D eigenvalue weighted by Crippen LogP contribution is -2.41. The fourth-order valence-corrected chi connectivity index (χ4v) is 2.43. The van der Waals surface area contributed by atoms with Gasteiger partial charge in [0.2, 0.25) is 5.91 Å². The number of rotatable bonds is 6. The van der Waals surface area contributed by atoms with Gasteiger partial charge in [0, 0.05) is 39.2 Å². The summed E-state index contributed by atoms with van der Waals surface area (Å²) in [6, 6.07) is 0.397. The normalized spacial score (nSPS) is 24.6. The van der Waals surface area contributed by atoms with E-state index in [1.807, 2.05) is 14.0 Å². The SMILES string of the molecule is CCN(C)C(=O)CCN[C@@H]1CCCC[C@@H]1CO. The largest absolute Gasteiger partial charge is 0.396 e. The van der Waals surface area contributed by atoms with Crippen LogP contribution in [0.15, 0.2) is 0 Å². The summed E-state index contributed by atoms with van der Waals surface area (Å²) in [5.41, 5.74) is 0. The van der Waals surface area contributed by atoms with Crippen LogP contribution in [0.1, 0.15) is 39.0 Å². The van der Waals surface area contributed by atoms with Crippen molar-refractivity contribution < 1.29 is 9.90 Å². The van der Waals surface area contributed by atoms with Gasteiger partial charge in [-0.05, 0) is 25.7 Å². The predicted octanol–water partition coefficient (Wildman–Crippen LogP) is 0.995. The molecule has 0 saturated heterocycles. The highest BCUT2D eigenvalue weighted by Gasteiger charge is 2.23. The van der Waals surface area contributed by atoms with E-state index in [4.69, 9.17) is 0 Å². The minimum absolute atomic E-state index is 0.191. The summed E-state index contributed by atoms with van der Waals surface area (Å²) in [5.74, 6) is 0.569. The molecule has 2 N–H and O–H groups in total. The monoisotopic (exact) mass is 242 g/mol. The van der Waals surface area contributed by atoms with E-state index in [2.05, 4.69) is 5.32 Å². The molecule has 1 aliphatic rings. The van der Waals surface area contributed by atoms with Crippen LogP contribution in [0.5, 0.6) is 0 Å². The van der Waals surface area contributed by atoms with Crippen LogP contribution in [0.25, 0.3) is 0 Å². The number of amides is 1. The molecule has 4 nitrogen and oxygen atoms in total. The molecule has 0 aromatic rings. The Morgan fingerprint density at radius 3 is 2.76 bits per heavy atom. The first-order valence-corrected chi connectivity index (χ1v) is 6.77. The standard InChI is InChI=1S/C13H26N2O2/c1-3-15(2)13(17)8-9-14-12-7-5-4-6-11(12)10-16/h11-12,14,16H,3-10H2,1-2H3/t11-,12-/m1/s1. The van der Waals surface area contributed by atoms with E-state index in [9.17, 15) is 9.90 Å². The van der Waals surface area contributed by atoms with Crippen molar-refractivity contribution in [2.24, 2.45) is 5.92 Å². The van der Waals surface area contributed by atoms with Crippen LogP contribution in [-0.2, 0) is 4.79 Å². The van der Waals surface area contributed by atoms with Gasteiger partial charge in [0.1, 0.15) is 0 Å². The van der Waals surface area contributed by atoms with Crippen LogP contribution < -0.4 is 5.32 Å². The van der Waals surface area contributed by atoms with Crippen molar-refractivity contribution in [3.05, 3.63) is 0 Å². The van der Waals surface area contributed by atoms with Crippen molar-refractivity contribution >= 4 is 5.91 Å². The van der Waals surface area contributed by atoms with Crippen molar-refractivity contribution in [1.82, 2.24) is 10.2 Å². The molecule has 0 aromatic heterocycles. The van der Waals surface area contributed by atoms with Crippen LogP contribution in [0.3, 0.4) is 0 Å². The number of nitrogens with one attached hydrogen (secondary N) is 1. The Balaban J connectivity index is 2.22. The highest BCUT2D eigenvalue weighted by atomic mass is 16.3. The first kappa shape index (κ1) is 14.5. The summed E-state index contributed by atoms with van der Waals surface area (Å²) in [6.45, 7) is 3.74. The Labute approximate surface area is 104 Å². The summed E-state index contributed by atoms with van der Waals surface area (Å²) >= 11 is 0. The van der Waals surface area contributed by atoms with Gasteiger partial charge in [0.05, 0.1) is 0 Å². The maximum atomic E-state index is 11.6. The quantitative estimate of drug-likeness (QED) is 0.730. The minimum atomic E-state index is 0.191. The third-order valence-electron chi connectivity index (χ3n) is 3.79. The third-order valence-corrected chi connectivity index (χ3v) is 3.79. The molecular formula is C13H26N2O2. The van der Waals surface area contributed by atoms with E-state index in [1.54, 1.807) is 4.90 Å². The maximum absolute atomic E-state index is 11.6. The lowest BCUT2D eigenvalue weighted by atomic mass is 9.85. The highest BCUT2D eigenvalue weighted by Crippen LogP contribution is 2.23. The molecule has 0 aliphatic heterocycles. The second-order valence-corrected chi connectivity index (χ2v) is 4.95. The van der Waals surface area contributed by atoms with Crippen LogP contribution in [0.4, 0.5) is 0 Å². The molecule has 1 amide bonds. The number of aliphatic hydroxyl groups is 1. The van der Waals surface area contributed by atoms with E-state index in [0.717, 1.165) is 25.9 Å². The zero-order valence-electron chi connectivity index (χ0n) is 11.1. The van der Waals surface area contributed by atoms with Gasteiger partial charge in [0.15, 0.2) is 0 Å². The Morgan fingerprint density at radius 2 is 2.12 bits per heavy atom. The van der Waals surface area contributed by atoms with Crippen molar-refractivity contribution in [1.29, 1.82) is 0 Å². The molecule has 0 heterocycles. The first-order valence-electron chi connectivity index (χ1n) is 6.77. The second-order valence-electron chi connectivity index (χ2n) is 4.95. The second kappa shape index (κ2) is 7.67. The Hall–Kier alpha value is -0.610. The molecule has 4 heteroatoms. The highest BCUT2D eigenvalue weighted by molar-refractivity contribution is 5.75. The zero-order valence-corrected chi connectivity index (χ0v) is 11.1. The lowest BCUT2D eigenvalue weighted by molar-refractivity contribution is -0.129. The van der Waals surface area contributed by atoms with E-state index >= 15 is 0 Å². The van der Waals surface area contributed by atoms with Crippen LogP contribution in [0.2, 0.25) is 0 Å². The first-order chi connectivity index (χ1) is 8.19. The number of carbonyl (C=O) groups is 1. The molecule has 1 rings (SSSR count). The number of aliphatic hydroxyl groups excluding tert-OH is 1. The Bertz CT molecular complexity index is 233. The van der Waals surface area contributed by atoms with Gasteiger partial charge in [-0.3, -0.25) is 4.79 Å². The number of hydrogen-bond donors (Lipinski definition) is 2. The molecule has 0 radical (unpaired) electrons. The molecule has 0 aromatic carbocycles. The molecule has 17 heavy (non-hydrogen) atoms. The van der Waals surface area contributed by atoms with Gasteiger partial charge >= 0.3 is 0 Å². The molecule has 100 valence electrons. The van der Waals surface area contributed by atoms with Gasteiger partial charge in [-0.25, -0.2) is 0 Å². The average Bonchev–Trinajstić information content (AvgIpc) is 2.38. The number of hydrogen-bond acceptors (Lipinski definition) is 3. The van der Waals surface area contributed by atoms with Crippen molar-refractivity contribution in [2.45, 2.75) is 45.1 Å². The molecule has 0 spiro atoms. The number of nitrogens with zero attached hydrogens (tertiary/aromatic N) is 1. The van der Waals surface area contributed by atoms with Gasteiger partial charge in [-0.2, -0.15) is 0 Å². The number of carbonyl (C=O) groups excluding carboxylic acids is 1. The van der Waals surface area contributed by atoms with Crippen LogP contribution in [0, 0.1) is 5.92 Å². The molecule has 0 bridgehead atoms. The summed E-state index contributed by atoms with van der Waals surface area (Å²) < 4.78 is 0. The fourth-order valence-electron chi connectivity index (χ4n) is 2.43. The summed E-state index contributed by atoms with van der Waals surface area (Å²) in [5, 5.41) is 12.7. The van der Waals surface area contributed by atoms with Crippen molar-refractivity contribution in [3.63, 3.8) is 0 Å². The van der Waals surface area contributed by atoms with Gasteiger partial charge in [-0.1, -0.05) is 12.8 Å². The predicted molar refractivity (Wildman–Crippen MR) is 68.8 cm³/mol.